The van der Waals surface area contributed by atoms with Gasteiger partial charge in [-0.05, 0) is 35.4 Å². The summed E-state index contributed by atoms with van der Waals surface area (Å²) < 4.78 is 25.7. The molecule has 80 valence electrons. The Bertz CT molecular complexity index is 486. The van der Waals surface area contributed by atoms with Crippen LogP contribution in [0.15, 0.2) is 42.7 Å². The average molecular weight is 217 g/mol. The minimum Gasteiger partial charge on any atom is -0.265 e. The van der Waals surface area contributed by atoms with E-state index in [1.54, 1.807) is 24.5 Å². The summed E-state index contributed by atoms with van der Waals surface area (Å²) in [5, 5.41) is 0. The zero-order valence-corrected chi connectivity index (χ0v) is 8.40. The second-order valence-electron chi connectivity index (χ2n) is 3.32. The second kappa shape index (κ2) is 4.66. The van der Waals surface area contributed by atoms with Crippen LogP contribution in [0.3, 0.4) is 0 Å². The van der Waals surface area contributed by atoms with E-state index in [4.69, 9.17) is 0 Å². The highest BCUT2D eigenvalue weighted by Gasteiger charge is 1.97. The van der Waals surface area contributed by atoms with Gasteiger partial charge in [0, 0.05) is 18.5 Å². The highest BCUT2D eigenvalue weighted by molar-refractivity contribution is 5.69. The van der Waals surface area contributed by atoms with Gasteiger partial charge in [-0.15, -0.1) is 0 Å². The van der Waals surface area contributed by atoms with Crippen molar-refractivity contribution in [1.82, 2.24) is 4.98 Å². The van der Waals surface area contributed by atoms with Crippen molar-refractivity contribution in [2.75, 3.05) is 0 Å². The number of nitrogens with zero attached hydrogens (tertiary/aromatic N) is 1. The Balaban J connectivity index is 2.24. The van der Waals surface area contributed by atoms with E-state index in [1.165, 1.54) is 12.1 Å². The van der Waals surface area contributed by atoms with E-state index in [1.807, 2.05) is 12.1 Å². The maximum atomic E-state index is 12.9. The van der Waals surface area contributed by atoms with Crippen LogP contribution in [0.2, 0.25) is 0 Å². The molecule has 0 unspecified atom stereocenters. The van der Waals surface area contributed by atoms with Crippen molar-refractivity contribution >= 4 is 12.2 Å². The lowest BCUT2D eigenvalue weighted by Crippen LogP contribution is -1.81. The summed E-state index contributed by atoms with van der Waals surface area (Å²) in [6.07, 6.45) is 6.75. The minimum atomic E-state index is -0.575. The molecule has 0 spiro atoms. The maximum absolute atomic E-state index is 12.9. The van der Waals surface area contributed by atoms with Crippen LogP contribution < -0.4 is 0 Å². The summed E-state index contributed by atoms with van der Waals surface area (Å²) in [7, 11) is 0. The number of hydrogen-bond donors (Lipinski definition) is 0. The van der Waals surface area contributed by atoms with E-state index in [9.17, 15) is 8.78 Å². The van der Waals surface area contributed by atoms with Crippen molar-refractivity contribution in [1.29, 1.82) is 0 Å². The molecule has 1 nitrogen and oxygen atoms in total. The van der Waals surface area contributed by atoms with Crippen LogP contribution in [0.1, 0.15) is 11.1 Å². The highest BCUT2D eigenvalue weighted by atomic mass is 19.1. The fourth-order valence-corrected chi connectivity index (χ4v) is 1.34. The number of hydrogen-bond acceptors (Lipinski definition) is 1. The molecule has 0 radical (unpaired) electrons. The zero-order valence-electron chi connectivity index (χ0n) is 8.40. The number of pyridine rings is 1. The van der Waals surface area contributed by atoms with Crippen molar-refractivity contribution in [3.05, 3.63) is 65.5 Å². The molecule has 0 fully saturated rings. The maximum Gasteiger partial charge on any atom is 0.126 e. The normalized spacial score (nSPS) is 10.9. The molecular formula is C13H9F2N. The molecule has 1 aromatic carbocycles. The molecule has 0 saturated heterocycles. The second-order valence-corrected chi connectivity index (χ2v) is 3.32. The lowest BCUT2D eigenvalue weighted by atomic mass is 10.1. The highest BCUT2D eigenvalue weighted by Crippen LogP contribution is 2.11. The lowest BCUT2D eigenvalue weighted by molar-refractivity contribution is 0.583. The number of rotatable bonds is 2. The van der Waals surface area contributed by atoms with Gasteiger partial charge in [0.2, 0.25) is 0 Å². The Morgan fingerprint density at radius 3 is 2.00 bits per heavy atom. The van der Waals surface area contributed by atoms with Crippen LogP contribution in [0, 0.1) is 11.6 Å². The predicted octanol–water partition coefficient (Wildman–Crippen LogP) is 3.53. The number of benzene rings is 1. The van der Waals surface area contributed by atoms with Gasteiger partial charge in [0.15, 0.2) is 0 Å². The van der Waals surface area contributed by atoms with Gasteiger partial charge in [-0.3, -0.25) is 4.98 Å². The molecule has 0 bridgehead atoms. The molecule has 0 aliphatic carbocycles. The number of halogens is 2. The van der Waals surface area contributed by atoms with E-state index in [2.05, 4.69) is 4.98 Å². The van der Waals surface area contributed by atoms with Crippen LogP contribution >= 0.6 is 0 Å². The van der Waals surface area contributed by atoms with E-state index in [-0.39, 0.29) is 0 Å². The molecule has 0 saturated carbocycles. The first-order valence-corrected chi connectivity index (χ1v) is 4.78. The summed E-state index contributed by atoms with van der Waals surface area (Å²) in [6.45, 7) is 0. The molecule has 2 rings (SSSR count). The van der Waals surface area contributed by atoms with Gasteiger partial charge in [0.25, 0.3) is 0 Å². The van der Waals surface area contributed by atoms with Crippen LogP contribution in [0.5, 0.6) is 0 Å². The molecular weight excluding hydrogens is 208 g/mol. The molecule has 0 amide bonds. The van der Waals surface area contributed by atoms with Gasteiger partial charge < -0.3 is 0 Å². The first kappa shape index (κ1) is 10.5. The Morgan fingerprint density at radius 1 is 0.812 bits per heavy atom. The molecule has 3 heteroatoms. The fourth-order valence-electron chi connectivity index (χ4n) is 1.34. The topological polar surface area (TPSA) is 12.9 Å². The molecule has 0 N–H and O–H groups in total. The minimum absolute atomic E-state index is 0.495. The Labute approximate surface area is 92.1 Å². The SMILES string of the molecule is Fc1cc(F)cc(/C=C/c2ccncc2)c1. The molecule has 1 aromatic heterocycles. The third-order valence-electron chi connectivity index (χ3n) is 2.06. The summed E-state index contributed by atoms with van der Waals surface area (Å²) in [6, 6.07) is 7.03. The standard InChI is InChI=1S/C13H9F2N/c14-12-7-11(8-13(15)9-12)2-1-10-3-5-16-6-4-10/h1-9H/b2-1+. The Hall–Kier alpha value is -2.03. The smallest absolute Gasteiger partial charge is 0.126 e. The third-order valence-corrected chi connectivity index (χ3v) is 2.06. The van der Waals surface area contributed by atoms with Crippen LogP contribution in [0.4, 0.5) is 8.78 Å². The third kappa shape index (κ3) is 2.73. The zero-order chi connectivity index (χ0) is 11.4. The van der Waals surface area contributed by atoms with E-state index >= 15 is 0 Å². The van der Waals surface area contributed by atoms with Gasteiger partial charge in [0.1, 0.15) is 11.6 Å². The fraction of sp³-hybridized carbons (Fsp3) is 0. The van der Waals surface area contributed by atoms with Crippen LogP contribution in [-0.4, -0.2) is 4.98 Å². The van der Waals surface area contributed by atoms with E-state index in [0.717, 1.165) is 11.6 Å². The van der Waals surface area contributed by atoms with Gasteiger partial charge >= 0.3 is 0 Å². The van der Waals surface area contributed by atoms with Crippen molar-refractivity contribution in [2.24, 2.45) is 0 Å². The molecule has 0 atom stereocenters. The molecule has 2 aromatic rings. The average Bonchev–Trinajstić information content (AvgIpc) is 2.27. The van der Waals surface area contributed by atoms with Gasteiger partial charge in [-0.2, -0.15) is 0 Å². The summed E-state index contributed by atoms with van der Waals surface area (Å²) in [5.41, 5.74) is 1.42. The molecule has 0 aliphatic heterocycles. The van der Waals surface area contributed by atoms with Crippen molar-refractivity contribution in [3.63, 3.8) is 0 Å². The van der Waals surface area contributed by atoms with Crippen LogP contribution in [-0.2, 0) is 0 Å². The first-order valence-electron chi connectivity index (χ1n) is 4.78. The summed E-state index contributed by atoms with van der Waals surface area (Å²) >= 11 is 0. The van der Waals surface area contributed by atoms with Gasteiger partial charge in [-0.1, -0.05) is 12.2 Å². The Kier molecular flexibility index (Phi) is 3.05. The first-order chi connectivity index (χ1) is 7.74. The molecule has 1 heterocycles. The van der Waals surface area contributed by atoms with Gasteiger partial charge in [-0.25, -0.2) is 8.78 Å². The lowest BCUT2D eigenvalue weighted by Gasteiger charge is -1.95. The van der Waals surface area contributed by atoms with Gasteiger partial charge in [0.05, 0.1) is 0 Å². The molecule has 16 heavy (non-hydrogen) atoms. The molecule has 0 aliphatic rings. The van der Waals surface area contributed by atoms with E-state index in [0.29, 0.717) is 5.56 Å². The predicted molar refractivity (Wildman–Crippen MR) is 59.5 cm³/mol. The quantitative estimate of drug-likeness (QED) is 0.749. The largest absolute Gasteiger partial charge is 0.265 e. The van der Waals surface area contributed by atoms with Crippen LogP contribution in [0.25, 0.3) is 12.2 Å². The van der Waals surface area contributed by atoms with Crippen molar-refractivity contribution in [3.8, 4) is 0 Å². The van der Waals surface area contributed by atoms with E-state index < -0.39 is 11.6 Å². The Morgan fingerprint density at radius 2 is 1.38 bits per heavy atom. The number of aromatic nitrogens is 1. The summed E-state index contributed by atoms with van der Waals surface area (Å²) in [5.74, 6) is -1.15. The van der Waals surface area contributed by atoms with Crippen molar-refractivity contribution in [2.45, 2.75) is 0 Å². The van der Waals surface area contributed by atoms with Crippen molar-refractivity contribution < 1.29 is 8.78 Å². The summed E-state index contributed by atoms with van der Waals surface area (Å²) in [4.78, 5) is 3.87. The monoisotopic (exact) mass is 217 g/mol.